The van der Waals surface area contributed by atoms with Crippen molar-refractivity contribution in [1.82, 2.24) is 11.0 Å². The first kappa shape index (κ1) is 11.4. The summed E-state index contributed by atoms with van der Waals surface area (Å²) in [4.78, 5) is 15.0. The summed E-state index contributed by atoms with van der Waals surface area (Å²) in [7, 11) is 0. The van der Waals surface area contributed by atoms with Gasteiger partial charge in [-0.15, -0.1) is 0 Å². The van der Waals surface area contributed by atoms with Crippen molar-refractivity contribution < 1.29 is 14.5 Å². The molecule has 12 heavy (non-hydrogen) atoms. The average molecular weight is 176 g/mol. The Morgan fingerprint density at radius 2 is 2.17 bits per heavy atom. The van der Waals surface area contributed by atoms with E-state index in [1.165, 1.54) is 6.92 Å². The quantitative estimate of drug-likeness (QED) is 0.324. The molecule has 0 aliphatic heterocycles. The van der Waals surface area contributed by atoms with E-state index in [1.54, 1.807) is 0 Å². The van der Waals surface area contributed by atoms with Crippen LogP contribution in [-0.2, 0) is 14.5 Å². The molecule has 2 N–H and O–H groups in total. The van der Waals surface area contributed by atoms with Gasteiger partial charge in [-0.05, 0) is 6.42 Å². The lowest BCUT2D eigenvalue weighted by molar-refractivity contribution is -0.141. The van der Waals surface area contributed by atoms with Crippen molar-refractivity contribution >= 4 is 5.97 Å². The minimum absolute atomic E-state index is 0.248. The zero-order valence-electron chi connectivity index (χ0n) is 7.55. The second kappa shape index (κ2) is 8.45. The molecule has 0 spiro atoms. The van der Waals surface area contributed by atoms with Gasteiger partial charge >= 0.3 is 5.97 Å². The van der Waals surface area contributed by atoms with Crippen LogP contribution in [0.2, 0.25) is 0 Å². The fourth-order valence-electron chi connectivity index (χ4n) is 0.534. The Balaban J connectivity index is 2.86. The van der Waals surface area contributed by atoms with E-state index in [0.717, 1.165) is 13.0 Å². The molecule has 5 heteroatoms. The lowest BCUT2D eigenvalue weighted by Crippen LogP contribution is -2.26. The van der Waals surface area contributed by atoms with E-state index in [9.17, 15) is 4.79 Å². The summed E-state index contributed by atoms with van der Waals surface area (Å²) in [6.45, 7) is 5.15. The zero-order valence-corrected chi connectivity index (χ0v) is 7.55. The van der Waals surface area contributed by atoms with Gasteiger partial charge in [-0.3, -0.25) is 4.79 Å². The van der Waals surface area contributed by atoms with Crippen LogP contribution < -0.4 is 11.0 Å². The smallest absolute Gasteiger partial charge is 0.302 e. The SMILES string of the molecule is CCNONCCCOC(C)=O. The number of ether oxygens (including phenoxy) is 1. The third kappa shape index (κ3) is 9.35. The standard InChI is InChI=1S/C7H16N2O3/c1-3-8-12-9-5-4-6-11-7(2)10/h8-9H,3-6H2,1-2H3. The van der Waals surface area contributed by atoms with E-state index in [4.69, 9.17) is 9.68 Å². The molecule has 0 aliphatic rings. The van der Waals surface area contributed by atoms with E-state index in [1.807, 2.05) is 6.92 Å². The Kier molecular flexibility index (Phi) is 7.99. The van der Waals surface area contributed by atoms with Crippen LogP contribution in [-0.4, -0.2) is 25.7 Å². The molecule has 0 saturated carbocycles. The number of carbonyl (C=O) groups is 1. The summed E-state index contributed by atoms with van der Waals surface area (Å²) < 4.78 is 4.69. The average Bonchev–Trinajstić information content (AvgIpc) is 2.02. The summed E-state index contributed by atoms with van der Waals surface area (Å²) in [5, 5.41) is 0. The number of nitrogens with one attached hydrogen (secondary N) is 2. The van der Waals surface area contributed by atoms with E-state index in [0.29, 0.717) is 13.2 Å². The monoisotopic (exact) mass is 176 g/mol. The third-order valence-corrected chi connectivity index (χ3v) is 1.02. The Hall–Kier alpha value is -0.650. The van der Waals surface area contributed by atoms with Gasteiger partial charge in [0.15, 0.2) is 0 Å². The summed E-state index contributed by atoms with van der Waals surface area (Å²) in [6, 6.07) is 0. The highest BCUT2D eigenvalue weighted by Gasteiger charge is 1.91. The maximum absolute atomic E-state index is 10.3. The van der Waals surface area contributed by atoms with Gasteiger partial charge < -0.3 is 4.74 Å². The van der Waals surface area contributed by atoms with Crippen LogP contribution in [0.5, 0.6) is 0 Å². The van der Waals surface area contributed by atoms with Crippen molar-refractivity contribution in [3.8, 4) is 0 Å². The Bertz CT molecular complexity index is 119. The molecule has 0 heterocycles. The highest BCUT2D eigenvalue weighted by atomic mass is 16.8. The fraction of sp³-hybridized carbons (Fsp3) is 0.857. The molecule has 0 amide bonds. The molecular weight excluding hydrogens is 160 g/mol. The van der Waals surface area contributed by atoms with Crippen LogP contribution in [0, 0.1) is 0 Å². The van der Waals surface area contributed by atoms with E-state index >= 15 is 0 Å². The number of hydrogen-bond acceptors (Lipinski definition) is 5. The minimum atomic E-state index is -0.248. The maximum Gasteiger partial charge on any atom is 0.302 e. The van der Waals surface area contributed by atoms with Crippen molar-refractivity contribution in [3.63, 3.8) is 0 Å². The van der Waals surface area contributed by atoms with Crippen LogP contribution in [0.3, 0.4) is 0 Å². The lowest BCUT2D eigenvalue weighted by atomic mass is 10.5. The molecule has 0 aliphatic carbocycles. The molecular formula is C7H16N2O3. The molecule has 0 atom stereocenters. The highest BCUT2D eigenvalue weighted by molar-refractivity contribution is 5.65. The van der Waals surface area contributed by atoms with Crippen molar-refractivity contribution in [3.05, 3.63) is 0 Å². The van der Waals surface area contributed by atoms with Crippen LogP contribution in [0.1, 0.15) is 20.3 Å². The van der Waals surface area contributed by atoms with Crippen LogP contribution in [0.4, 0.5) is 0 Å². The third-order valence-electron chi connectivity index (χ3n) is 1.02. The predicted octanol–water partition coefficient (Wildman–Crippen LogP) is -0.0147. The normalized spacial score (nSPS) is 9.83. The molecule has 0 fully saturated rings. The summed E-state index contributed by atoms with van der Waals surface area (Å²) in [6.07, 6.45) is 0.741. The zero-order chi connectivity index (χ0) is 9.23. The first-order chi connectivity index (χ1) is 5.77. The molecule has 5 nitrogen and oxygen atoms in total. The summed E-state index contributed by atoms with van der Waals surface area (Å²) in [5.74, 6) is -0.248. The van der Waals surface area contributed by atoms with Gasteiger partial charge in [-0.1, -0.05) is 6.92 Å². The summed E-state index contributed by atoms with van der Waals surface area (Å²) in [5.41, 5.74) is 5.29. The Morgan fingerprint density at radius 1 is 1.42 bits per heavy atom. The first-order valence-electron chi connectivity index (χ1n) is 4.02. The van der Waals surface area contributed by atoms with Gasteiger partial charge in [0.2, 0.25) is 0 Å². The lowest BCUT2D eigenvalue weighted by Gasteiger charge is -2.04. The predicted molar refractivity (Wildman–Crippen MR) is 44.0 cm³/mol. The van der Waals surface area contributed by atoms with E-state index < -0.39 is 0 Å². The van der Waals surface area contributed by atoms with Crippen molar-refractivity contribution in [2.24, 2.45) is 0 Å². The Labute approximate surface area is 72.3 Å². The van der Waals surface area contributed by atoms with Crippen molar-refractivity contribution in [1.29, 1.82) is 0 Å². The highest BCUT2D eigenvalue weighted by Crippen LogP contribution is 1.80. The molecule has 0 aromatic rings. The molecule has 72 valence electrons. The first-order valence-corrected chi connectivity index (χ1v) is 4.02. The van der Waals surface area contributed by atoms with Crippen LogP contribution in [0.25, 0.3) is 0 Å². The van der Waals surface area contributed by atoms with E-state index in [2.05, 4.69) is 11.0 Å². The van der Waals surface area contributed by atoms with Crippen molar-refractivity contribution in [2.45, 2.75) is 20.3 Å². The maximum atomic E-state index is 10.3. The number of esters is 1. The second-order valence-corrected chi connectivity index (χ2v) is 2.19. The molecule has 0 unspecified atom stereocenters. The molecule has 0 radical (unpaired) electrons. The molecule has 0 rings (SSSR count). The number of rotatable bonds is 7. The largest absolute Gasteiger partial charge is 0.466 e. The molecule has 0 aromatic carbocycles. The Morgan fingerprint density at radius 3 is 2.75 bits per heavy atom. The fourth-order valence-corrected chi connectivity index (χ4v) is 0.534. The summed E-state index contributed by atoms with van der Waals surface area (Å²) >= 11 is 0. The van der Waals surface area contributed by atoms with Gasteiger partial charge in [-0.2, -0.15) is 11.0 Å². The molecule has 0 saturated heterocycles. The van der Waals surface area contributed by atoms with Crippen molar-refractivity contribution in [2.75, 3.05) is 19.7 Å². The number of hydroxylamine groups is 2. The number of carbonyl (C=O) groups excluding carboxylic acids is 1. The van der Waals surface area contributed by atoms with Crippen LogP contribution >= 0.6 is 0 Å². The van der Waals surface area contributed by atoms with Gasteiger partial charge in [0.1, 0.15) is 0 Å². The van der Waals surface area contributed by atoms with Gasteiger partial charge in [0.05, 0.1) is 6.61 Å². The van der Waals surface area contributed by atoms with Gasteiger partial charge in [0, 0.05) is 20.0 Å². The van der Waals surface area contributed by atoms with Gasteiger partial charge in [0.25, 0.3) is 0 Å². The number of hydrogen-bond donors (Lipinski definition) is 2. The van der Waals surface area contributed by atoms with Crippen LogP contribution in [0.15, 0.2) is 0 Å². The topological polar surface area (TPSA) is 59.6 Å². The molecule has 0 bridgehead atoms. The van der Waals surface area contributed by atoms with Gasteiger partial charge in [-0.25, -0.2) is 4.94 Å². The van der Waals surface area contributed by atoms with E-state index in [-0.39, 0.29) is 5.97 Å². The second-order valence-electron chi connectivity index (χ2n) is 2.19. The minimum Gasteiger partial charge on any atom is -0.466 e. The molecule has 0 aromatic heterocycles.